The highest BCUT2D eigenvalue weighted by atomic mass is 79.9. The van der Waals surface area contributed by atoms with Crippen LogP contribution in [0, 0.1) is 0 Å². The summed E-state index contributed by atoms with van der Waals surface area (Å²) >= 11 is 9.39. The fraction of sp³-hybridized carbons (Fsp3) is 0.125. The molecule has 7 nitrogen and oxygen atoms in total. The monoisotopic (exact) mass is 529 g/mol. The number of ether oxygens (including phenoxy) is 2. The van der Waals surface area contributed by atoms with Gasteiger partial charge in [0.25, 0.3) is 0 Å². The summed E-state index contributed by atoms with van der Waals surface area (Å²) in [5.41, 5.74) is 4.58. The van der Waals surface area contributed by atoms with Crippen LogP contribution in [0.1, 0.15) is 17.5 Å². The van der Waals surface area contributed by atoms with Gasteiger partial charge in [-0.25, -0.2) is 5.43 Å². The van der Waals surface area contributed by atoms with Gasteiger partial charge < -0.3 is 14.8 Å². The molecule has 0 spiro atoms. The molecule has 170 valence electrons. The number of anilines is 1. The molecule has 3 aromatic carbocycles. The Morgan fingerprint density at radius 3 is 2.48 bits per heavy atom. The van der Waals surface area contributed by atoms with Crippen LogP contribution in [0.15, 0.2) is 76.3 Å². The Morgan fingerprint density at radius 1 is 1.06 bits per heavy atom. The molecule has 2 amide bonds. The number of hydrogen-bond donors (Lipinski definition) is 2. The van der Waals surface area contributed by atoms with Crippen LogP contribution in [-0.4, -0.2) is 25.1 Å². The van der Waals surface area contributed by atoms with Crippen LogP contribution in [0.3, 0.4) is 0 Å². The molecule has 0 aromatic heterocycles. The first kappa shape index (κ1) is 24.3. The zero-order valence-corrected chi connectivity index (χ0v) is 20.0. The number of nitrogens with one attached hydrogen (secondary N) is 2. The van der Waals surface area contributed by atoms with Crippen LogP contribution in [0.2, 0.25) is 5.02 Å². The lowest BCUT2D eigenvalue weighted by Gasteiger charge is -2.13. The summed E-state index contributed by atoms with van der Waals surface area (Å²) in [5, 5.41) is 7.21. The number of para-hydroxylation sites is 1. The summed E-state index contributed by atoms with van der Waals surface area (Å²) in [5.74, 6) is 0.0636. The molecular formula is C24H21BrClN3O4. The smallest absolute Gasteiger partial charge is 0.249 e. The van der Waals surface area contributed by atoms with Crippen LogP contribution in [0.5, 0.6) is 11.5 Å². The van der Waals surface area contributed by atoms with E-state index in [4.69, 9.17) is 21.1 Å². The molecule has 3 rings (SSSR count). The first-order valence-electron chi connectivity index (χ1n) is 9.86. The molecule has 0 aliphatic rings. The van der Waals surface area contributed by atoms with Gasteiger partial charge in [-0.3, -0.25) is 9.59 Å². The number of carbonyl (C=O) groups is 2. The summed E-state index contributed by atoms with van der Waals surface area (Å²) in [4.78, 5) is 23.9. The van der Waals surface area contributed by atoms with E-state index >= 15 is 0 Å². The minimum atomic E-state index is -0.534. The lowest BCUT2D eigenvalue weighted by atomic mass is 10.2. The van der Waals surface area contributed by atoms with Crippen molar-refractivity contribution in [1.29, 1.82) is 0 Å². The van der Waals surface area contributed by atoms with E-state index in [0.29, 0.717) is 38.9 Å². The van der Waals surface area contributed by atoms with Crippen molar-refractivity contribution >= 4 is 51.2 Å². The molecule has 0 radical (unpaired) electrons. The fourth-order valence-corrected chi connectivity index (χ4v) is 3.48. The number of carbonyl (C=O) groups excluding carboxylic acids is 2. The Labute approximate surface area is 204 Å². The molecule has 0 bridgehead atoms. The minimum Gasteiger partial charge on any atom is -0.493 e. The lowest BCUT2D eigenvalue weighted by Crippen LogP contribution is -2.24. The van der Waals surface area contributed by atoms with Crippen molar-refractivity contribution in [1.82, 2.24) is 5.43 Å². The molecule has 3 aromatic rings. The Hall–Kier alpha value is -3.36. The maximum absolute atomic E-state index is 12.0. The molecule has 0 heterocycles. The average molecular weight is 531 g/mol. The number of benzene rings is 3. The van der Waals surface area contributed by atoms with Crippen molar-refractivity contribution in [3.05, 3.63) is 87.4 Å². The standard InChI is InChI=1S/C24H21BrClN3O4/c1-32-21-12-17(11-20(25)24(21)33-15-16-7-9-18(26)10-8-16)14-27-29-23(31)13-22(30)28-19-5-3-2-4-6-19/h2-12,14H,13,15H2,1H3,(H,28,30)(H,29,31). The number of nitrogens with zero attached hydrogens (tertiary/aromatic N) is 1. The molecule has 33 heavy (non-hydrogen) atoms. The first-order chi connectivity index (χ1) is 15.9. The number of hydrazone groups is 1. The number of methoxy groups -OCH3 is 1. The fourth-order valence-electron chi connectivity index (χ4n) is 2.78. The molecule has 9 heteroatoms. The van der Waals surface area contributed by atoms with Crippen molar-refractivity contribution in [2.45, 2.75) is 13.0 Å². The van der Waals surface area contributed by atoms with E-state index in [1.54, 1.807) is 48.5 Å². The van der Waals surface area contributed by atoms with E-state index < -0.39 is 11.8 Å². The van der Waals surface area contributed by atoms with E-state index in [-0.39, 0.29) is 6.42 Å². The van der Waals surface area contributed by atoms with Gasteiger partial charge in [-0.15, -0.1) is 0 Å². The molecule has 0 fully saturated rings. The topological polar surface area (TPSA) is 89.0 Å². The average Bonchev–Trinajstić information content (AvgIpc) is 2.79. The van der Waals surface area contributed by atoms with Crippen molar-refractivity contribution in [3.8, 4) is 11.5 Å². The second-order valence-electron chi connectivity index (χ2n) is 6.83. The molecular weight excluding hydrogens is 510 g/mol. The van der Waals surface area contributed by atoms with E-state index in [2.05, 4.69) is 31.8 Å². The lowest BCUT2D eigenvalue weighted by molar-refractivity contribution is -0.126. The first-order valence-corrected chi connectivity index (χ1v) is 11.0. The second kappa shape index (κ2) is 12.0. The third-order valence-electron chi connectivity index (χ3n) is 4.33. The number of hydrogen-bond acceptors (Lipinski definition) is 5. The van der Waals surface area contributed by atoms with E-state index in [1.165, 1.54) is 13.3 Å². The van der Waals surface area contributed by atoms with Crippen molar-refractivity contribution in [3.63, 3.8) is 0 Å². The molecule has 0 atom stereocenters. The van der Waals surface area contributed by atoms with E-state index in [1.807, 2.05) is 18.2 Å². The number of halogens is 2. The number of amides is 2. The van der Waals surface area contributed by atoms with Gasteiger partial charge in [-0.2, -0.15) is 5.10 Å². The maximum Gasteiger partial charge on any atom is 0.249 e. The molecule has 0 aliphatic carbocycles. The normalized spacial score (nSPS) is 10.6. The van der Waals surface area contributed by atoms with Crippen LogP contribution in [0.4, 0.5) is 5.69 Å². The van der Waals surface area contributed by atoms with Crippen molar-refractivity contribution in [2.75, 3.05) is 12.4 Å². The van der Waals surface area contributed by atoms with Gasteiger partial charge in [0.2, 0.25) is 11.8 Å². The van der Waals surface area contributed by atoms with Crippen LogP contribution >= 0.6 is 27.5 Å². The third-order valence-corrected chi connectivity index (χ3v) is 5.17. The Bertz CT molecular complexity index is 1140. The second-order valence-corrected chi connectivity index (χ2v) is 8.12. The van der Waals surface area contributed by atoms with Gasteiger partial charge >= 0.3 is 0 Å². The maximum atomic E-state index is 12.0. The third kappa shape index (κ3) is 7.62. The predicted octanol–water partition coefficient (Wildman–Crippen LogP) is 5.17. The van der Waals surface area contributed by atoms with Crippen LogP contribution in [0.25, 0.3) is 0 Å². The van der Waals surface area contributed by atoms with Gasteiger partial charge in [-0.05, 0) is 63.5 Å². The summed E-state index contributed by atoms with van der Waals surface area (Å²) in [7, 11) is 1.53. The minimum absolute atomic E-state index is 0.334. The molecule has 0 aliphatic heterocycles. The highest BCUT2D eigenvalue weighted by Crippen LogP contribution is 2.36. The van der Waals surface area contributed by atoms with E-state index in [9.17, 15) is 9.59 Å². The summed E-state index contributed by atoms with van der Waals surface area (Å²) in [6.07, 6.45) is 1.10. The Kier molecular flexibility index (Phi) is 8.86. The number of rotatable bonds is 9. The molecule has 2 N–H and O–H groups in total. The predicted molar refractivity (Wildman–Crippen MR) is 132 cm³/mol. The Balaban J connectivity index is 1.56. The largest absolute Gasteiger partial charge is 0.493 e. The van der Waals surface area contributed by atoms with Gasteiger partial charge in [0.1, 0.15) is 13.0 Å². The van der Waals surface area contributed by atoms with Crippen LogP contribution < -0.4 is 20.2 Å². The van der Waals surface area contributed by atoms with Gasteiger partial charge in [0.15, 0.2) is 11.5 Å². The molecule has 0 unspecified atom stereocenters. The quantitative estimate of drug-likeness (QED) is 0.227. The van der Waals surface area contributed by atoms with Crippen molar-refractivity contribution < 1.29 is 19.1 Å². The van der Waals surface area contributed by atoms with Crippen molar-refractivity contribution in [2.24, 2.45) is 5.10 Å². The Morgan fingerprint density at radius 2 is 1.79 bits per heavy atom. The van der Waals surface area contributed by atoms with E-state index in [0.717, 1.165) is 5.56 Å². The van der Waals surface area contributed by atoms with Gasteiger partial charge in [0.05, 0.1) is 17.8 Å². The summed E-state index contributed by atoms with van der Waals surface area (Å²) < 4.78 is 12.0. The summed E-state index contributed by atoms with van der Waals surface area (Å²) in [6, 6.07) is 19.8. The van der Waals surface area contributed by atoms with Gasteiger partial charge in [-0.1, -0.05) is 41.9 Å². The summed E-state index contributed by atoms with van der Waals surface area (Å²) in [6.45, 7) is 0.334. The molecule has 0 saturated carbocycles. The van der Waals surface area contributed by atoms with Crippen LogP contribution in [-0.2, 0) is 16.2 Å². The zero-order chi connectivity index (χ0) is 23.6. The SMILES string of the molecule is COc1cc(C=NNC(=O)CC(=O)Nc2ccccc2)cc(Br)c1OCc1ccc(Cl)cc1. The highest BCUT2D eigenvalue weighted by Gasteiger charge is 2.12. The zero-order valence-electron chi connectivity index (χ0n) is 17.7. The molecule has 0 saturated heterocycles. The highest BCUT2D eigenvalue weighted by molar-refractivity contribution is 9.10. The van der Waals surface area contributed by atoms with Gasteiger partial charge in [0, 0.05) is 10.7 Å².